The van der Waals surface area contributed by atoms with Crippen LogP contribution in [0.3, 0.4) is 0 Å². The number of ether oxygens (including phenoxy) is 2. The minimum Gasteiger partial charge on any atom is -0.468 e. The van der Waals surface area contributed by atoms with Crippen LogP contribution in [0.15, 0.2) is 53.0 Å². The largest absolute Gasteiger partial charge is 0.468 e. The van der Waals surface area contributed by atoms with Crippen molar-refractivity contribution in [2.24, 2.45) is 0 Å². The Bertz CT molecular complexity index is 763. The van der Waals surface area contributed by atoms with E-state index in [0.29, 0.717) is 0 Å². The summed E-state index contributed by atoms with van der Waals surface area (Å²) in [5.41, 5.74) is 0.822. The highest BCUT2D eigenvalue weighted by atomic mass is 79.9. The van der Waals surface area contributed by atoms with Gasteiger partial charge >= 0.3 is 11.9 Å². The second-order valence-corrected chi connectivity index (χ2v) is 14.2. The van der Waals surface area contributed by atoms with Crippen LogP contribution in [0.1, 0.15) is 39.2 Å². The Labute approximate surface area is 189 Å². The van der Waals surface area contributed by atoms with Crippen LogP contribution in [-0.4, -0.2) is 40.1 Å². The van der Waals surface area contributed by atoms with Gasteiger partial charge in [0.2, 0.25) is 0 Å². The fourth-order valence-corrected chi connectivity index (χ4v) is 3.98. The molecule has 0 aromatic heterocycles. The SMILES string of the molecule is COC(=O)[C@@H](c1ccc(Br)cc1)[C@@H](/C=C/C=C/COC(C)=O)O[Si](C)(C)C(C)(C)C. The van der Waals surface area contributed by atoms with Crippen LogP contribution in [0.4, 0.5) is 0 Å². The maximum atomic E-state index is 12.8. The van der Waals surface area contributed by atoms with Gasteiger partial charge in [0.05, 0.1) is 13.2 Å². The van der Waals surface area contributed by atoms with Gasteiger partial charge in [0.15, 0.2) is 8.32 Å². The number of carbonyl (C=O) groups is 2. The predicted molar refractivity (Wildman–Crippen MR) is 126 cm³/mol. The molecule has 0 saturated carbocycles. The van der Waals surface area contributed by atoms with Crippen molar-refractivity contribution in [3.05, 3.63) is 58.6 Å². The first-order valence-electron chi connectivity index (χ1n) is 9.87. The average molecular weight is 498 g/mol. The molecule has 0 heterocycles. The van der Waals surface area contributed by atoms with Gasteiger partial charge in [-0.05, 0) is 41.9 Å². The highest BCUT2D eigenvalue weighted by molar-refractivity contribution is 9.10. The van der Waals surface area contributed by atoms with Gasteiger partial charge in [-0.15, -0.1) is 0 Å². The van der Waals surface area contributed by atoms with Crippen LogP contribution in [0.2, 0.25) is 18.1 Å². The summed E-state index contributed by atoms with van der Waals surface area (Å²) < 4.78 is 17.6. The summed E-state index contributed by atoms with van der Waals surface area (Å²) in [6, 6.07) is 7.60. The Kier molecular flexibility index (Phi) is 10.2. The lowest BCUT2D eigenvalue weighted by atomic mass is 9.93. The van der Waals surface area contributed by atoms with Gasteiger partial charge in [0.1, 0.15) is 12.5 Å². The van der Waals surface area contributed by atoms with Gasteiger partial charge in [-0.25, -0.2) is 0 Å². The minimum absolute atomic E-state index is 0.0232. The molecule has 1 aromatic carbocycles. The van der Waals surface area contributed by atoms with Crippen molar-refractivity contribution in [2.75, 3.05) is 13.7 Å². The molecule has 2 atom stereocenters. The van der Waals surface area contributed by atoms with Gasteiger partial charge < -0.3 is 13.9 Å². The van der Waals surface area contributed by atoms with E-state index in [9.17, 15) is 9.59 Å². The highest BCUT2D eigenvalue weighted by Crippen LogP contribution is 2.39. The van der Waals surface area contributed by atoms with E-state index >= 15 is 0 Å². The van der Waals surface area contributed by atoms with Gasteiger partial charge in [0, 0.05) is 11.4 Å². The average Bonchev–Trinajstić information content (AvgIpc) is 2.64. The molecular formula is C23H33BrO5Si. The molecule has 5 nitrogen and oxygen atoms in total. The van der Waals surface area contributed by atoms with Crippen molar-refractivity contribution in [1.82, 2.24) is 0 Å². The Morgan fingerprint density at radius 2 is 1.73 bits per heavy atom. The number of methoxy groups -OCH3 is 1. The Hall–Kier alpha value is -1.70. The zero-order valence-corrected chi connectivity index (χ0v) is 21.5. The standard InChI is InChI=1S/C23H33BrO5Si/c1-17(25)28-16-10-8-9-11-20(29-30(6,7)23(2,3)4)21(22(26)27-5)18-12-14-19(24)15-13-18/h8-15,20-21H,16H2,1-7H3/b10-8+,11-9+/t20-,21+/m1/s1. The lowest BCUT2D eigenvalue weighted by Crippen LogP contribution is -2.46. The zero-order chi connectivity index (χ0) is 22.9. The quantitative estimate of drug-likeness (QED) is 0.246. The first kappa shape index (κ1) is 26.3. The van der Waals surface area contributed by atoms with E-state index in [4.69, 9.17) is 13.9 Å². The highest BCUT2D eigenvalue weighted by Gasteiger charge is 2.42. The van der Waals surface area contributed by atoms with E-state index in [1.807, 2.05) is 36.4 Å². The van der Waals surface area contributed by atoms with Crippen molar-refractivity contribution in [1.29, 1.82) is 0 Å². The smallest absolute Gasteiger partial charge is 0.316 e. The lowest BCUT2D eigenvalue weighted by molar-refractivity contribution is -0.144. The third-order valence-corrected chi connectivity index (χ3v) is 10.2. The molecule has 7 heteroatoms. The molecule has 0 radical (unpaired) electrons. The molecule has 0 N–H and O–H groups in total. The van der Waals surface area contributed by atoms with Crippen LogP contribution < -0.4 is 0 Å². The molecule has 0 bridgehead atoms. The minimum atomic E-state index is -2.19. The molecule has 0 unspecified atom stereocenters. The topological polar surface area (TPSA) is 61.8 Å². The van der Waals surface area contributed by atoms with E-state index in [2.05, 4.69) is 49.8 Å². The van der Waals surface area contributed by atoms with Crippen LogP contribution in [-0.2, 0) is 23.5 Å². The van der Waals surface area contributed by atoms with Crippen LogP contribution >= 0.6 is 15.9 Å². The van der Waals surface area contributed by atoms with Crippen molar-refractivity contribution in [3.8, 4) is 0 Å². The molecule has 30 heavy (non-hydrogen) atoms. The summed E-state index contributed by atoms with van der Waals surface area (Å²) >= 11 is 3.44. The van der Waals surface area contributed by atoms with E-state index in [1.54, 1.807) is 12.2 Å². The van der Waals surface area contributed by atoms with Gasteiger partial charge in [-0.2, -0.15) is 0 Å². The molecule has 0 aliphatic carbocycles. The summed E-state index contributed by atoms with van der Waals surface area (Å²) in [5.74, 6) is -1.28. The maximum absolute atomic E-state index is 12.8. The van der Waals surface area contributed by atoms with Gasteiger partial charge in [-0.3, -0.25) is 9.59 Å². The summed E-state index contributed by atoms with van der Waals surface area (Å²) in [6.07, 6.45) is 6.69. The second kappa shape index (κ2) is 11.6. The maximum Gasteiger partial charge on any atom is 0.316 e. The van der Waals surface area contributed by atoms with Crippen molar-refractivity contribution in [3.63, 3.8) is 0 Å². The lowest BCUT2D eigenvalue weighted by Gasteiger charge is -2.40. The van der Waals surface area contributed by atoms with E-state index in [-0.39, 0.29) is 23.6 Å². The first-order valence-corrected chi connectivity index (χ1v) is 13.6. The second-order valence-electron chi connectivity index (χ2n) is 8.51. The van der Waals surface area contributed by atoms with Gasteiger partial charge in [0.25, 0.3) is 0 Å². The molecule has 0 aliphatic heterocycles. The number of hydrogen-bond donors (Lipinski definition) is 0. The van der Waals surface area contributed by atoms with Crippen molar-refractivity contribution >= 4 is 36.2 Å². The summed E-state index contributed by atoms with van der Waals surface area (Å²) in [6.45, 7) is 12.3. The van der Waals surface area contributed by atoms with Gasteiger partial charge in [-0.1, -0.05) is 67.1 Å². The van der Waals surface area contributed by atoms with Crippen molar-refractivity contribution in [2.45, 2.75) is 57.8 Å². The number of rotatable bonds is 9. The van der Waals surface area contributed by atoms with E-state index < -0.39 is 20.3 Å². The predicted octanol–water partition coefficient (Wildman–Crippen LogP) is 5.77. The number of hydrogen-bond acceptors (Lipinski definition) is 5. The molecular weight excluding hydrogens is 464 g/mol. The number of esters is 2. The third kappa shape index (κ3) is 8.20. The molecule has 166 valence electrons. The fraction of sp³-hybridized carbons (Fsp3) is 0.478. The summed E-state index contributed by atoms with van der Waals surface area (Å²) in [7, 11) is -0.796. The molecule has 0 amide bonds. The molecule has 0 spiro atoms. The van der Waals surface area contributed by atoms with Crippen LogP contribution in [0.25, 0.3) is 0 Å². The molecule has 0 saturated heterocycles. The molecule has 0 fully saturated rings. The van der Waals surface area contributed by atoms with Crippen molar-refractivity contribution < 1.29 is 23.5 Å². The number of carbonyl (C=O) groups excluding carboxylic acids is 2. The van der Waals surface area contributed by atoms with Crippen LogP contribution in [0, 0.1) is 0 Å². The van der Waals surface area contributed by atoms with Crippen LogP contribution in [0.5, 0.6) is 0 Å². The third-order valence-electron chi connectivity index (χ3n) is 5.18. The Morgan fingerprint density at radius 1 is 1.13 bits per heavy atom. The first-order chi connectivity index (χ1) is 13.9. The summed E-state index contributed by atoms with van der Waals surface area (Å²) in [4.78, 5) is 23.6. The zero-order valence-electron chi connectivity index (χ0n) is 18.9. The fourth-order valence-electron chi connectivity index (χ4n) is 2.47. The molecule has 0 aliphatic rings. The number of allylic oxidation sites excluding steroid dienone is 2. The molecule has 1 rings (SSSR count). The normalized spacial score (nSPS) is 14.7. The monoisotopic (exact) mass is 496 g/mol. The van der Waals surface area contributed by atoms with E-state index in [0.717, 1.165) is 10.0 Å². The summed E-state index contributed by atoms with van der Waals surface area (Å²) in [5, 5.41) is -0.0232. The molecule has 1 aromatic rings. The Morgan fingerprint density at radius 3 is 2.23 bits per heavy atom. The van der Waals surface area contributed by atoms with E-state index in [1.165, 1.54) is 14.0 Å². The Balaban J connectivity index is 3.27. The number of benzene rings is 1. The number of halogens is 1.